The van der Waals surface area contributed by atoms with E-state index < -0.39 is 18.2 Å². The van der Waals surface area contributed by atoms with Crippen LogP contribution >= 0.6 is 0 Å². The maximum absolute atomic E-state index is 12.1. The van der Waals surface area contributed by atoms with E-state index in [1.165, 1.54) is 44.9 Å². The van der Waals surface area contributed by atoms with Crippen molar-refractivity contribution in [3.63, 3.8) is 0 Å². The Balaban J connectivity index is 3.53. The van der Waals surface area contributed by atoms with Crippen molar-refractivity contribution in [3.05, 3.63) is 0 Å². The lowest BCUT2D eigenvalue weighted by Gasteiger charge is -2.17. The van der Waals surface area contributed by atoms with E-state index >= 15 is 0 Å². The third kappa shape index (κ3) is 11.9. The average Bonchev–Trinajstić information content (AvgIpc) is 2.46. The number of alkyl halides is 3. The first-order chi connectivity index (χ1) is 10.4. The summed E-state index contributed by atoms with van der Waals surface area (Å²) in [4.78, 5) is 10.8. The summed E-state index contributed by atoms with van der Waals surface area (Å²) in [6.07, 6.45) is 7.29. The van der Waals surface area contributed by atoms with Crippen molar-refractivity contribution in [2.45, 2.75) is 103 Å². The van der Waals surface area contributed by atoms with Crippen molar-refractivity contribution in [2.75, 3.05) is 0 Å². The largest absolute Gasteiger partial charge is 0.490 e. The fourth-order valence-corrected chi connectivity index (χ4v) is 2.42. The number of hydrogen-bond acceptors (Lipinski definition) is 2. The number of rotatable bonds is 13. The lowest BCUT2D eigenvalue weighted by atomic mass is 10.0. The van der Waals surface area contributed by atoms with Gasteiger partial charge in [0.15, 0.2) is 0 Å². The van der Waals surface area contributed by atoms with Crippen LogP contribution in [0.1, 0.15) is 90.9 Å². The third-order valence-electron chi connectivity index (χ3n) is 3.84. The van der Waals surface area contributed by atoms with Gasteiger partial charge in [0, 0.05) is 0 Å². The van der Waals surface area contributed by atoms with Gasteiger partial charge in [-0.1, -0.05) is 71.6 Å². The minimum Gasteiger partial charge on any atom is -0.456 e. The molecule has 1 atom stereocenters. The van der Waals surface area contributed by atoms with E-state index in [0.717, 1.165) is 19.3 Å². The predicted molar refractivity (Wildman–Crippen MR) is 82.7 cm³/mol. The molecule has 22 heavy (non-hydrogen) atoms. The van der Waals surface area contributed by atoms with Crippen LogP contribution in [0.25, 0.3) is 0 Å². The summed E-state index contributed by atoms with van der Waals surface area (Å²) in [5.74, 6) is -2.06. The van der Waals surface area contributed by atoms with E-state index in [1.54, 1.807) is 6.92 Å². The normalized spacial score (nSPS) is 13.1. The Morgan fingerprint density at radius 3 is 1.73 bits per heavy atom. The molecule has 1 unspecified atom stereocenters. The summed E-state index contributed by atoms with van der Waals surface area (Å²) >= 11 is 0. The molecule has 0 aromatic carbocycles. The molecule has 0 N–H and O–H groups in total. The first kappa shape index (κ1) is 21.3. The third-order valence-corrected chi connectivity index (χ3v) is 3.84. The van der Waals surface area contributed by atoms with Gasteiger partial charge in [0.05, 0.1) is 0 Å². The monoisotopic (exact) mass is 324 g/mol. The highest BCUT2D eigenvalue weighted by molar-refractivity contribution is 5.75. The van der Waals surface area contributed by atoms with Crippen LogP contribution in [0.3, 0.4) is 0 Å². The second kappa shape index (κ2) is 12.8. The van der Waals surface area contributed by atoms with Gasteiger partial charge in [0.25, 0.3) is 0 Å². The molecular formula is C17H31F3O2. The number of hydrogen-bond donors (Lipinski definition) is 0. The zero-order chi connectivity index (χ0) is 16.8. The Kier molecular flexibility index (Phi) is 12.3. The van der Waals surface area contributed by atoms with Gasteiger partial charge in [-0.25, -0.2) is 4.79 Å². The maximum atomic E-state index is 12.1. The van der Waals surface area contributed by atoms with Crippen molar-refractivity contribution in [2.24, 2.45) is 0 Å². The molecule has 5 heteroatoms. The standard InChI is InChI=1S/C17H31F3O2/c1-3-5-6-7-8-9-10-11-12-13-14-15(4-2)22-16(21)17(18,19)20/h15H,3-14H2,1-2H3. The molecule has 0 rings (SSSR count). The molecule has 0 bridgehead atoms. The fourth-order valence-electron chi connectivity index (χ4n) is 2.42. The first-order valence-electron chi connectivity index (χ1n) is 8.69. The molecule has 0 saturated carbocycles. The van der Waals surface area contributed by atoms with Gasteiger partial charge in [-0.15, -0.1) is 0 Å². The summed E-state index contributed by atoms with van der Waals surface area (Å²) < 4.78 is 40.8. The second-order valence-corrected chi connectivity index (χ2v) is 5.90. The van der Waals surface area contributed by atoms with Gasteiger partial charge in [0.2, 0.25) is 0 Å². The van der Waals surface area contributed by atoms with Gasteiger partial charge in [-0.3, -0.25) is 0 Å². The quantitative estimate of drug-likeness (QED) is 0.298. The Labute approximate surface area is 132 Å². The number of carbonyl (C=O) groups excluding carboxylic acids is 1. The molecule has 0 fully saturated rings. The van der Waals surface area contributed by atoms with Crippen LogP contribution in [0.15, 0.2) is 0 Å². The molecule has 132 valence electrons. The van der Waals surface area contributed by atoms with Crippen molar-refractivity contribution in [1.29, 1.82) is 0 Å². The van der Waals surface area contributed by atoms with Crippen LogP contribution < -0.4 is 0 Å². The van der Waals surface area contributed by atoms with Gasteiger partial charge < -0.3 is 4.74 Å². The highest BCUT2D eigenvalue weighted by Crippen LogP contribution is 2.20. The van der Waals surface area contributed by atoms with Crippen LogP contribution in [-0.4, -0.2) is 18.2 Å². The van der Waals surface area contributed by atoms with Crippen LogP contribution in [-0.2, 0) is 9.53 Å². The molecule has 0 aliphatic carbocycles. The molecule has 0 aromatic rings. The van der Waals surface area contributed by atoms with Crippen molar-refractivity contribution < 1.29 is 22.7 Å². The van der Waals surface area contributed by atoms with E-state index in [2.05, 4.69) is 11.7 Å². The highest BCUT2D eigenvalue weighted by Gasteiger charge is 2.41. The molecule has 0 saturated heterocycles. The number of carbonyl (C=O) groups is 1. The molecule has 2 nitrogen and oxygen atoms in total. The molecule has 0 radical (unpaired) electrons. The van der Waals surface area contributed by atoms with E-state index in [-0.39, 0.29) is 0 Å². The van der Waals surface area contributed by atoms with Crippen LogP contribution in [0.5, 0.6) is 0 Å². The van der Waals surface area contributed by atoms with E-state index in [4.69, 9.17) is 0 Å². The molecule has 0 aliphatic heterocycles. The van der Waals surface area contributed by atoms with Gasteiger partial charge >= 0.3 is 12.1 Å². The zero-order valence-corrected chi connectivity index (χ0v) is 14.0. The molecule has 0 aromatic heterocycles. The van der Waals surface area contributed by atoms with Crippen LogP contribution in [0.4, 0.5) is 13.2 Å². The van der Waals surface area contributed by atoms with Crippen molar-refractivity contribution in [1.82, 2.24) is 0 Å². The minimum absolute atomic E-state index is 0.430. The Morgan fingerprint density at radius 2 is 1.32 bits per heavy atom. The molecule has 0 spiro atoms. The van der Waals surface area contributed by atoms with E-state index in [1.807, 2.05) is 0 Å². The number of unbranched alkanes of at least 4 members (excludes halogenated alkanes) is 9. The summed E-state index contributed by atoms with van der Waals surface area (Å²) in [6.45, 7) is 3.94. The summed E-state index contributed by atoms with van der Waals surface area (Å²) in [5.41, 5.74) is 0. The minimum atomic E-state index is -4.88. The zero-order valence-electron chi connectivity index (χ0n) is 14.0. The van der Waals surface area contributed by atoms with Crippen LogP contribution in [0.2, 0.25) is 0 Å². The lowest BCUT2D eigenvalue weighted by molar-refractivity contribution is -0.205. The fraction of sp³-hybridized carbons (Fsp3) is 0.941. The molecular weight excluding hydrogens is 293 g/mol. The summed E-state index contributed by atoms with van der Waals surface area (Å²) in [5, 5.41) is 0. The Hall–Kier alpha value is -0.740. The van der Waals surface area contributed by atoms with Crippen LogP contribution in [0, 0.1) is 0 Å². The number of ether oxygens (including phenoxy) is 1. The van der Waals surface area contributed by atoms with Gasteiger partial charge in [0.1, 0.15) is 6.10 Å². The molecule has 0 amide bonds. The summed E-state index contributed by atoms with van der Waals surface area (Å²) in [6, 6.07) is 0. The van der Waals surface area contributed by atoms with Crippen molar-refractivity contribution in [3.8, 4) is 0 Å². The Bertz CT molecular complexity index is 278. The van der Waals surface area contributed by atoms with E-state index in [9.17, 15) is 18.0 Å². The average molecular weight is 324 g/mol. The van der Waals surface area contributed by atoms with Gasteiger partial charge in [-0.2, -0.15) is 13.2 Å². The van der Waals surface area contributed by atoms with E-state index in [0.29, 0.717) is 12.8 Å². The second-order valence-electron chi connectivity index (χ2n) is 5.90. The van der Waals surface area contributed by atoms with Gasteiger partial charge in [-0.05, 0) is 19.3 Å². The number of esters is 1. The number of halogens is 3. The highest BCUT2D eigenvalue weighted by atomic mass is 19.4. The topological polar surface area (TPSA) is 26.3 Å². The summed E-state index contributed by atoms with van der Waals surface area (Å²) in [7, 11) is 0. The maximum Gasteiger partial charge on any atom is 0.490 e. The first-order valence-corrected chi connectivity index (χ1v) is 8.69. The van der Waals surface area contributed by atoms with Crippen molar-refractivity contribution >= 4 is 5.97 Å². The lowest BCUT2D eigenvalue weighted by Crippen LogP contribution is -2.29. The smallest absolute Gasteiger partial charge is 0.456 e. The molecule has 0 heterocycles. The SMILES string of the molecule is CCCCCCCCCCCCC(CC)OC(=O)C(F)(F)F. The predicted octanol–water partition coefficient (Wildman–Crippen LogP) is 6.18. The Morgan fingerprint density at radius 1 is 0.864 bits per heavy atom. The molecule has 0 aliphatic rings.